The van der Waals surface area contributed by atoms with Crippen LogP contribution in [-0.2, 0) is 9.84 Å². The molecule has 28 heavy (non-hydrogen) atoms. The Morgan fingerprint density at radius 3 is 2.32 bits per heavy atom. The maximum Gasteiger partial charge on any atom is 0.228 e. The van der Waals surface area contributed by atoms with Gasteiger partial charge in [0.05, 0.1) is 10.6 Å². The smallest absolute Gasteiger partial charge is 0.228 e. The van der Waals surface area contributed by atoms with Crippen LogP contribution >= 0.6 is 0 Å². The number of hydrogen-bond acceptors (Lipinski definition) is 5. The van der Waals surface area contributed by atoms with Crippen LogP contribution in [0.2, 0.25) is 0 Å². The normalized spacial score (nSPS) is 11.4. The Morgan fingerprint density at radius 1 is 1.04 bits per heavy atom. The van der Waals surface area contributed by atoms with Gasteiger partial charge in [-0.1, -0.05) is 6.92 Å². The summed E-state index contributed by atoms with van der Waals surface area (Å²) in [6, 6.07) is 9.58. The first-order chi connectivity index (χ1) is 13.2. The van der Waals surface area contributed by atoms with E-state index in [9.17, 15) is 22.0 Å². The molecule has 8 heteroatoms. The number of rotatable bonds is 5. The van der Waals surface area contributed by atoms with Gasteiger partial charge >= 0.3 is 0 Å². The lowest BCUT2D eigenvalue weighted by Crippen LogP contribution is -2.07. The molecule has 0 fully saturated rings. The first kappa shape index (κ1) is 19.8. The van der Waals surface area contributed by atoms with Crippen LogP contribution in [0.5, 0.6) is 11.5 Å². The number of sulfone groups is 1. The van der Waals surface area contributed by atoms with E-state index in [1.54, 1.807) is 6.92 Å². The highest BCUT2D eigenvalue weighted by Gasteiger charge is 2.19. The molecule has 3 rings (SSSR count). The summed E-state index contributed by atoms with van der Waals surface area (Å²) in [5.41, 5.74) is -0.193. The molecule has 0 aliphatic carbocycles. The zero-order valence-corrected chi connectivity index (χ0v) is 15.8. The van der Waals surface area contributed by atoms with Crippen molar-refractivity contribution in [3.8, 4) is 22.8 Å². The van der Waals surface area contributed by atoms with E-state index < -0.39 is 26.9 Å². The fourth-order valence-electron chi connectivity index (χ4n) is 2.53. The number of benzene rings is 2. The van der Waals surface area contributed by atoms with Crippen molar-refractivity contribution in [2.45, 2.75) is 18.7 Å². The van der Waals surface area contributed by atoms with Crippen LogP contribution in [0.25, 0.3) is 11.3 Å². The molecule has 0 unspecified atom stereocenters. The summed E-state index contributed by atoms with van der Waals surface area (Å²) in [5, 5.41) is 0. The Hall–Kier alpha value is -3.00. The van der Waals surface area contributed by atoms with Gasteiger partial charge < -0.3 is 9.15 Å². The van der Waals surface area contributed by atoms with Crippen LogP contribution in [0, 0.1) is 18.6 Å². The molecule has 0 aliphatic rings. The molecule has 146 valence electrons. The van der Waals surface area contributed by atoms with Gasteiger partial charge in [0.1, 0.15) is 11.6 Å². The predicted octanol–water partition coefficient (Wildman–Crippen LogP) is 4.48. The average molecular weight is 406 g/mol. The molecule has 0 N–H and O–H groups in total. The molecular formula is C20H16F2O5S. The molecule has 0 saturated heterocycles. The highest BCUT2D eigenvalue weighted by Crippen LogP contribution is 2.33. The molecule has 0 amide bonds. The third kappa shape index (κ3) is 3.96. The second kappa shape index (κ2) is 7.55. The Balaban J connectivity index is 2.10. The Bertz CT molecular complexity index is 1180. The van der Waals surface area contributed by atoms with E-state index >= 15 is 0 Å². The van der Waals surface area contributed by atoms with Crippen LogP contribution in [0.15, 0.2) is 62.6 Å². The molecular weight excluding hydrogens is 390 g/mol. The average Bonchev–Trinajstić information content (AvgIpc) is 2.65. The minimum absolute atomic E-state index is 0.00849. The minimum Gasteiger partial charge on any atom is -0.457 e. The first-order valence-electron chi connectivity index (χ1n) is 8.32. The van der Waals surface area contributed by atoms with Crippen molar-refractivity contribution in [3.05, 3.63) is 76.1 Å². The fraction of sp³-hybridized carbons (Fsp3) is 0.150. The Kier molecular flexibility index (Phi) is 5.33. The minimum atomic E-state index is -3.39. The quantitative estimate of drug-likeness (QED) is 0.625. The highest BCUT2D eigenvalue weighted by atomic mass is 32.2. The lowest BCUT2D eigenvalue weighted by atomic mass is 10.1. The predicted molar refractivity (Wildman–Crippen MR) is 99.3 cm³/mol. The van der Waals surface area contributed by atoms with Gasteiger partial charge in [-0.3, -0.25) is 4.79 Å². The van der Waals surface area contributed by atoms with Crippen molar-refractivity contribution < 1.29 is 26.4 Å². The standard InChI is InChI=1S/C20H16F2O5S/c1-3-28(24,25)15-7-4-13(5-8-15)19-20(17(23)10-12(2)26-19)27-18-9-6-14(21)11-16(18)22/h4-11H,3H2,1-2H3. The molecule has 2 aromatic carbocycles. The van der Waals surface area contributed by atoms with Crippen molar-refractivity contribution in [2.24, 2.45) is 0 Å². The molecule has 0 bridgehead atoms. The first-order valence-corrected chi connectivity index (χ1v) is 9.97. The van der Waals surface area contributed by atoms with Gasteiger partial charge in [-0.2, -0.15) is 0 Å². The van der Waals surface area contributed by atoms with E-state index in [0.717, 1.165) is 12.1 Å². The van der Waals surface area contributed by atoms with Gasteiger partial charge in [0.2, 0.25) is 11.2 Å². The van der Waals surface area contributed by atoms with Gasteiger partial charge in [0.25, 0.3) is 0 Å². The van der Waals surface area contributed by atoms with Crippen molar-refractivity contribution in [2.75, 3.05) is 5.75 Å². The van der Waals surface area contributed by atoms with Crippen molar-refractivity contribution in [1.29, 1.82) is 0 Å². The number of aryl methyl sites for hydroxylation is 1. The maximum absolute atomic E-state index is 13.9. The van der Waals surface area contributed by atoms with E-state index in [1.807, 2.05) is 0 Å². The molecule has 3 aromatic rings. The summed E-state index contributed by atoms with van der Waals surface area (Å²) < 4.78 is 61.9. The molecule has 1 aromatic heterocycles. The van der Waals surface area contributed by atoms with Gasteiger partial charge in [0.15, 0.2) is 27.2 Å². The number of ether oxygens (including phenoxy) is 1. The summed E-state index contributed by atoms with van der Waals surface area (Å²) in [6.45, 7) is 3.09. The molecule has 0 saturated carbocycles. The highest BCUT2D eigenvalue weighted by molar-refractivity contribution is 7.91. The second-order valence-electron chi connectivity index (χ2n) is 5.98. The van der Waals surface area contributed by atoms with Crippen LogP contribution < -0.4 is 10.2 Å². The Labute approximate surface area is 160 Å². The monoisotopic (exact) mass is 406 g/mol. The Morgan fingerprint density at radius 2 is 1.71 bits per heavy atom. The SMILES string of the molecule is CCS(=O)(=O)c1ccc(-c2oc(C)cc(=O)c2Oc2ccc(F)cc2F)cc1. The molecule has 5 nitrogen and oxygen atoms in total. The summed E-state index contributed by atoms with van der Waals surface area (Å²) in [5.74, 6) is -2.15. The zero-order valence-electron chi connectivity index (χ0n) is 15.0. The van der Waals surface area contributed by atoms with E-state index in [4.69, 9.17) is 9.15 Å². The topological polar surface area (TPSA) is 73.6 Å². The van der Waals surface area contributed by atoms with E-state index in [1.165, 1.54) is 37.3 Å². The van der Waals surface area contributed by atoms with Gasteiger partial charge in [-0.15, -0.1) is 0 Å². The van der Waals surface area contributed by atoms with Crippen molar-refractivity contribution in [1.82, 2.24) is 0 Å². The second-order valence-corrected chi connectivity index (χ2v) is 8.26. The summed E-state index contributed by atoms with van der Waals surface area (Å²) in [7, 11) is -3.39. The van der Waals surface area contributed by atoms with Crippen LogP contribution in [0.1, 0.15) is 12.7 Å². The van der Waals surface area contributed by atoms with Crippen molar-refractivity contribution >= 4 is 9.84 Å². The molecule has 0 aliphatic heterocycles. The van der Waals surface area contributed by atoms with Crippen LogP contribution in [0.4, 0.5) is 8.78 Å². The van der Waals surface area contributed by atoms with Crippen molar-refractivity contribution in [3.63, 3.8) is 0 Å². The van der Waals surface area contributed by atoms with E-state index in [-0.39, 0.29) is 33.7 Å². The lowest BCUT2D eigenvalue weighted by Gasteiger charge is -2.11. The summed E-state index contributed by atoms with van der Waals surface area (Å²) in [4.78, 5) is 12.5. The maximum atomic E-state index is 13.9. The van der Waals surface area contributed by atoms with Crippen LogP contribution in [0.3, 0.4) is 0 Å². The molecule has 0 atom stereocenters. The van der Waals surface area contributed by atoms with Gasteiger partial charge in [-0.05, 0) is 43.3 Å². The summed E-state index contributed by atoms with van der Waals surface area (Å²) >= 11 is 0. The van der Waals surface area contributed by atoms with E-state index in [0.29, 0.717) is 11.6 Å². The lowest BCUT2D eigenvalue weighted by molar-refractivity contribution is 0.412. The molecule has 0 spiro atoms. The van der Waals surface area contributed by atoms with E-state index in [2.05, 4.69) is 0 Å². The third-order valence-corrected chi connectivity index (χ3v) is 5.74. The van der Waals surface area contributed by atoms with Gasteiger partial charge in [-0.25, -0.2) is 17.2 Å². The van der Waals surface area contributed by atoms with Crippen LogP contribution in [-0.4, -0.2) is 14.2 Å². The number of hydrogen-bond donors (Lipinski definition) is 0. The largest absolute Gasteiger partial charge is 0.457 e. The number of halogens is 2. The zero-order chi connectivity index (χ0) is 20.5. The molecule has 1 heterocycles. The molecule has 0 radical (unpaired) electrons. The summed E-state index contributed by atoms with van der Waals surface area (Å²) in [6.07, 6.45) is 0. The third-order valence-electron chi connectivity index (χ3n) is 3.99. The fourth-order valence-corrected chi connectivity index (χ4v) is 3.42. The van der Waals surface area contributed by atoms with Gasteiger partial charge in [0, 0.05) is 17.7 Å².